The number of alkyl carbamates (subject to hydrolysis) is 1. The van der Waals surface area contributed by atoms with Gasteiger partial charge in [-0.1, -0.05) is 13.8 Å². The number of halogens is 2. The van der Waals surface area contributed by atoms with Crippen LogP contribution in [0.15, 0.2) is 0 Å². The number of likely N-dealkylation sites (tertiary alicyclic amines) is 1. The van der Waals surface area contributed by atoms with E-state index in [0.29, 0.717) is 0 Å². The summed E-state index contributed by atoms with van der Waals surface area (Å²) in [5, 5.41) is 2.37. The monoisotopic (exact) mass is 264 g/mol. The lowest BCUT2D eigenvalue weighted by atomic mass is 10.0. The van der Waals surface area contributed by atoms with E-state index in [2.05, 4.69) is 10.1 Å². The lowest BCUT2D eigenvalue weighted by molar-refractivity contribution is -0.134. The Labute approximate surface area is 104 Å². The predicted octanol–water partition coefficient (Wildman–Crippen LogP) is 1.23. The van der Waals surface area contributed by atoms with Crippen molar-refractivity contribution in [1.29, 1.82) is 0 Å². The first-order valence-corrected chi connectivity index (χ1v) is 5.78. The van der Waals surface area contributed by atoms with Crippen molar-refractivity contribution >= 4 is 12.0 Å². The van der Waals surface area contributed by atoms with Crippen molar-refractivity contribution in [3.05, 3.63) is 0 Å². The van der Waals surface area contributed by atoms with Crippen molar-refractivity contribution < 1.29 is 23.1 Å². The highest BCUT2D eigenvalue weighted by atomic mass is 19.3. The fourth-order valence-corrected chi connectivity index (χ4v) is 1.82. The number of alkyl halides is 2. The molecule has 0 aliphatic carbocycles. The van der Waals surface area contributed by atoms with Gasteiger partial charge in [-0.05, 0) is 5.92 Å². The number of carbonyl (C=O) groups excluding carboxylic acids is 2. The summed E-state index contributed by atoms with van der Waals surface area (Å²) in [6, 6.07) is -0.841. The summed E-state index contributed by atoms with van der Waals surface area (Å²) in [5.41, 5.74) is 0. The number of nitrogens with zero attached hydrogens (tertiary/aromatic N) is 1. The van der Waals surface area contributed by atoms with Crippen molar-refractivity contribution in [3.63, 3.8) is 0 Å². The second kappa shape index (κ2) is 5.49. The van der Waals surface area contributed by atoms with Gasteiger partial charge in [0.2, 0.25) is 5.91 Å². The van der Waals surface area contributed by atoms with Crippen LogP contribution < -0.4 is 5.32 Å². The molecule has 2 amide bonds. The van der Waals surface area contributed by atoms with E-state index in [0.717, 1.165) is 4.90 Å². The van der Waals surface area contributed by atoms with Gasteiger partial charge < -0.3 is 15.0 Å². The number of methoxy groups -OCH3 is 1. The van der Waals surface area contributed by atoms with Crippen molar-refractivity contribution in [2.45, 2.75) is 32.2 Å². The van der Waals surface area contributed by atoms with Crippen LogP contribution in [0.4, 0.5) is 13.6 Å². The van der Waals surface area contributed by atoms with E-state index in [-0.39, 0.29) is 18.9 Å². The van der Waals surface area contributed by atoms with E-state index in [1.54, 1.807) is 13.8 Å². The molecule has 0 spiro atoms. The molecule has 0 aromatic rings. The lowest BCUT2D eigenvalue weighted by Gasteiger charge is -2.26. The molecule has 1 aliphatic rings. The highest BCUT2D eigenvalue weighted by Gasteiger charge is 2.42. The van der Waals surface area contributed by atoms with E-state index < -0.39 is 30.5 Å². The highest BCUT2D eigenvalue weighted by molar-refractivity contribution is 5.86. The Morgan fingerprint density at radius 2 is 2.00 bits per heavy atom. The zero-order chi connectivity index (χ0) is 13.9. The molecule has 0 saturated carbocycles. The van der Waals surface area contributed by atoms with Crippen molar-refractivity contribution in [1.82, 2.24) is 10.2 Å². The van der Waals surface area contributed by atoms with Crippen LogP contribution in [-0.4, -0.2) is 49.1 Å². The van der Waals surface area contributed by atoms with Gasteiger partial charge in [0.15, 0.2) is 0 Å². The molecule has 5 nitrogen and oxygen atoms in total. The third-order valence-electron chi connectivity index (χ3n) is 2.87. The number of hydrogen-bond acceptors (Lipinski definition) is 3. The molecule has 1 aliphatic heterocycles. The lowest BCUT2D eigenvalue weighted by Crippen LogP contribution is -2.51. The Morgan fingerprint density at radius 3 is 2.39 bits per heavy atom. The zero-order valence-electron chi connectivity index (χ0n) is 10.7. The van der Waals surface area contributed by atoms with Crippen molar-refractivity contribution in [2.24, 2.45) is 5.92 Å². The Bertz CT molecular complexity index is 334. The number of carbonyl (C=O) groups is 2. The third-order valence-corrected chi connectivity index (χ3v) is 2.87. The van der Waals surface area contributed by atoms with Crippen molar-refractivity contribution in [3.8, 4) is 0 Å². The first-order valence-electron chi connectivity index (χ1n) is 5.78. The maximum absolute atomic E-state index is 13.0. The molecule has 1 atom stereocenters. The largest absolute Gasteiger partial charge is 0.453 e. The summed E-state index contributed by atoms with van der Waals surface area (Å²) in [4.78, 5) is 24.3. The minimum absolute atomic E-state index is 0.0118. The van der Waals surface area contributed by atoms with Gasteiger partial charge in [0.05, 0.1) is 13.7 Å². The number of amides is 2. The quantitative estimate of drug-likeness (QED) is 0.834. The number of nitrogens with one attached hydrogen (secondary N) is 1. The second-order valence-corrected chi connectivity index (χ2v) is 4.72. The molecule has 1 unspecified atom stereocenters. The molecule has 1 rings (SSSR count). The Kier molecular flexibility index (Phi) is 4.48. The van der Waals surface area contributed by atoms with E-state index in [9.17, 15) is 18.4 Å². The van der Waals surface area contributed by atoms with Crippen molar-refractivity contribution in [2.75, 3.05) is 20.2 Å². The summed E-state index contributed by atoms with van der Waals surface area (Å²) in [5.74, 6) is -3.53. The highest BCUT2D eigenvalue weighted by Crippen LogP contribution is 2.27. The topological polar surface area (TPSA) is 58.6 Å². The predicted molar refractivity (Wildman–Crippen MR) is 60.3 cm³/mol. The molecule has 1 heterocycles. The standard InChI is InChI=1S/C11H18F2N2O3/c1-7(2)8(14-10(17)18-3)9(16)15-5-4-11(12,13)6-15/h7-8H,4-6H2,1-3H3,(H,14,17). The summed E-state index contributed by atoms with van der Waals surface area (Å²) < 4.78 is 30.5. The molecule has 7 heteroatoms. The smallest absolute Gasteiger partial charge is 0.407 e. The summed E-state index contributed by atoms with van der Waals surface area (Å²) >= 11 is 0. The van der Waals surface area contributed by atoms with E-state index in [1.165, 1.54) is 7.11 Å². The SMILES string of the molecule is COC(=O)NC(C(=O)N1CCC(F)(F)C1)C(C)C. The molecule has 0 aromatic heterocycles. The first-order chi connectivity index (χ1) is 8.26. The van der Waals surface area contributed by atoms with E-state index >= 15 is 0 Å². The van der Waals surface area contributed by atoms with Crippen LogP contribution in [0.5, 0.6) is 0 Å². The average Bonchev–Trinajstić information content (AvgIpc) is 2.64. The van der Waals surface area contributed by atoms with Crippen LogP contribution in [0.25, 0.3) is 0 Å². The Hall–Kier alpha value is -1.40. The molecule has 104 valence electrons. The normalized spacial score (nSPS) is 19.8. The molecule has 0 aromatic carbocycles. The molecular formula is C11H18F2N2O3. The van der Waals surface area contributed by atoms with E-state index in [1.807, 2.05) is 0 Å². The van der Waals surface area contributed by atoms with Gasteiger partial charge >= 0.3 is 6.09 Å². The van der Waals surface area contributed by atoms with Gasteiger partial charge in [0.25, 0.3) is 5.92 Å². The zero-order valence-corrected chi connectivity index (χ0v) is 10.7. The molecule has 1 fully saturated rings. The fraction of sp³-hybridized carbons (Fsp3) is 0.818. The van der Waals surface area contributed by atoms with Crippen LogP contribution in [0.2, 0.25) is 0 Å². The second-order valence-electron chi connectivity index (χ2n) is 4.72. The van der Waals surface area contributed by atoms with Gasteiger partial charge in [-0.2, -0.15) is 0 Å². The Balaban J connectivity index is 2.69. The molecular weight excluding hydrogens is 246 g/mol. The van der Waals surface area contributed by atoms with Gasteiger partial charge in [-0.25, -0.2) is 13.6 Å². The molecule has 0 bridgehead atoms. The average molecular weight is 264 g/mol. The number of hydrogen-bond donors (Lipinski definition) is 1. The number of rotatable bonds is 3. The molecule has 0 radical (unpaired) electrons. The van der Waals surface area contributed by atoms with Gasteiger partial charge in [-0.15, -0.1) is 0 Å². The maximum Gasteiger partial charge on any atom is 0.407 e. The minimum Gasteiger partial charge on any atom is -0.453 e. The Morgan fingerprint density at radius 1 is 1.39 bits per heavy atom. The summed E-state index contributed by atoms with van der Waals surface area (Å²) in [6.45, 7) is 2.88. The molecule has 18 heavy (non-hydrogen) atoms. The van der Waals surface area contributed by atoms with Crippen LogP contribution in [-0.2, 0) is 9.53 Å². The van der Waals surface area contributed by atoms with Crippen LogP contribution >= 0.6 is 0 Å². The third kappa shape index (κ3) is 3.54. The van der Waals surface area contributed by atoms with Crippen LogP contribution in [0.1, 0.15) is 20.3 Å². The maximum atomic E-state index is 13.0. The summed E-state index contributed by atoms with van der Waals surface area (Å²) in [6.07, 6.45) is -1.07. The van der Waals surface area contributed by atoms with Crippen LogP contribution in [0.3, 0.4) is 0 Å². The van der Waals surface area contributed by atoms with Gasteiger partial charge in [-0.3, -0.25) is 4.79 Å². The van der Waals surface area contributed by atoms with Crippen LogP contribution in [0, 0.1) is 5.92 Å². The fourth-order valence-electron chi connectivity index (χ4n) is 1.82. The minimum atomic E-state index is -2.83. The number of ether oxygens (including phenoxy) is 1. The van der Waals surface area contributed by atoms with Gasteiger partial charge in [0.1, 0.15) is 6.04 Å². The summed E-state index contributed by atoms with van der Waals surface area (Å²) in [7, 11) is 1.18. The van der Waals surface area contributed by atoms with Gasteiger partial charge in [0, 0.05) is 13.0 Å². The molecule has 1 N–H and O–H groups in total. The van der Waals surface area contributed by atoms with E-state index in [4.69, 9.17) is 0 Å². The molecule has 1 saturated heterocycles. The first kappa shape index (κ1) is 14.7.